The van der Waals surface area contributed by atoms with Crippen LogP contribution >= 0.6 is 0 Å². The molecule has 1 saturated heterocycles. The molecule has 1 aromatic carbocycles. The Balaban J connectivity index is 1.56. The highest BCUT2D eigenvalue weighted by atomic mass is 16.4. The van der Waals surface area contributed by atoms with Gasteiger partial charge in [-0.3, -0.25) is 4.90 Å². The second-order valence-electron chi connectivity index (χ2n) is 5.79. The third kappa shape index (κ3) is 3.36. The zero-order valence-corrected chi connectivity index (χ0v) is 12.5. The van der Waals surface area contributed by atoms with Crippen molar-refractivity contribution in [3.8, 4) is 0 Å². The summed E-state index contributed by atoms with van der Waals surface area (Å²) in [4.78, 5) is 6.80. The highest BCUT2D eigenvalue weighted by Gasteiger charge is 2.20. The molecule has 0 spiro atoms. The van der Waals surface area contributed by atoms with Crippen molar-refractivity contribution in [3.05, 3.63) is 23.8 Å². The fraction of sp³-hybridized carbons (Fsp3) is 0.562. The molecule has 1 aromatic heterocycles. The second kappa shape index (κ2) is 6.45. The van der Waals surface area contributed by atoms with Gasteiger partial charge in [0.25, 0.3) is 6.01 Å². The smallest absolute Gasteiger partial charge is 0.295 e. The van der Waals surface area contributed by atoms with Crippen LogP contribution in [0.3, 0.4) is 0 Å². The summed E-state index contributed by atoms with van der Waals surface area (Å²) in [6.45, 7) is 5.06. The molecular formula is C16H23N3O2. The summed E-state index contributed by atoms with van der Waals surface area (Å²) in [6.07, 6.45) is 3.54. The third-order valence-electron chi connectivity index (χ3n) is 4.18. The van der Waals surface area contributed by atoms with Crippen molar-refractivity contribution in [2.24, 2.45) is 0 Å². The van der Waals surface area contributed by atoms with E-state index >= 15 is 0 Å². The first kappa shape index (κ1) is 14.4. The normalized spacial score (nSPS) is 20.0. The van der Waals surface area contributed by atoms with Crippen LogP contribution in [0.5, 0.6) is 0 Å². The van der Waals surface area contributed by atoms with Gasteiger partial charge in [0.2, 0.25) is 0 Å². The van der Waals surface area contributed by atoms with E-state index in [1.54, 1.807) is 0 Å². The van der Waals surface area contributed by atoms with Crippen molar-refractivity contribution in [3.63, 3.8) is 0 Å². The molecule has 1 aliphatic heterocycles. The van der Waals surface area contributed by atoms with Crippen molar-refractivity contribution in [1.82, 2.24) is 9.88 Å². The van der Waals surface area contributed by atoms with Crippen LogP contribution in [0.2, 0.25) is 0 Å². The number of hydrogen-bond acceptors (Lipinski definition) is 5. The number of nitrogens with zero attached hydrogens (tertiary/aromatic N) is 2. The summed E-state index contributed by atoms with van der Waals surface area (Å²) in [7, 11) is 0. The monoisotopic (exact) mass is 289 g/mol. The number of aliphatic hydroxyl groups is 1. The standard InChI is InChI=1S/C16H23N3O2/c1-12-5-6-15-14(10-12)18-16(21-15)17-7-9-19-8-3-2-4-13(19)11-20/h5-6,10,13,20H,2-4,7-9,11H2,1H3,(H,17,18). The molecule has 3 rings (SSSR count). The predicted octanol–water partition coefficient (Wildman–Crippen LogP) is 2.39. The molecule has 1 unspecified atom stereocenters. The molecule has 0 amide bonds. The van der Waals surface area contributed by atoms with Crippen LogP contribution in [0.25, 0.3) is 11.1 Å². The molecule has 2 N–H and O–H groups in total. The number of rotatable bonds is 5. The van der Waals surface area contributed by atoms with Gasteiger partial charge in [-0.25, -0.2) is 0 Å². The summed E-state index contributed by atoms with van der Waals surface area (Å²) < 4.78 is 5.68. The Kier molecular flexibility index (Phi) is 4.41. The van der Waals surface area contributed by atoms with Gasteiger partial charge in [0.15, 0.2) is 5.58 Å². The molecule has 0 radical (unpaired) electrons. The van der Waals surface area contributed by atoms with Crippen LogP contribution in [-0.2, 0) is 0 Å². The molecule has 5 heteroatoms. The number of nitrogens with one attached hydrogen (secondary N) is 1. The summed E-state index contributed by atoms with van der Waals surface area (Å²) in [5, 5.41) is 12.7. The topological polar surface area (TPSA) is 61.5 Å². The maximum atomic E-state index is 9.41. The Labute approximate surface area is 125 Å². The van der Waals surface area contributed by atoms with Gasteiger partial charge in [0.1, 0.15) is 5.52 Å². The Morgan fingerprint density at radius 1 is 1.43 bits per heavy atom. The lowest BCUT2D eigenvalue weighted by Crippen LogP contribution is -2.44. The first-order chi connectivity index (χ1) is 10.3. The van der Waals surface area contributed by atoms with Crippen molar-refractivity contribution in [2.45, 2.75) is 32.2 Å². The molecule has 1 aliphatic rings. The number of likely N-dealkylation sites (tertiary alicyclic amines) is 1. The van der Waals surface area contributed by atoms with Gasteiger partial charge >= 0.3 is 0 Å². The Hall–Kier alpha value is -1.59. The minimum atomic E-state index is 0.252. The van der Waals surface area contributed by atoms with Crippen molar-refractivity contribution in [1.29, 1.82) is 0 Å². The molecular weight excluding hydrogens is 266 g/mol. The summed E-state index contributed by atoms with van der Waals surface area (Å²) in [5.74, 6) is 0. The van der Waals surface area contributed by atoms with Crippen LogP contribution < -0.4 is 5.32 Å². The minimum Gasteiger partial charge on any atom is -0.424 e. The lowest BCUT2D eigenvalue weighted by atomic mass is 10.0. The number of anilines is 1. The van der Waals surface area contributed by atoms with Crippen LogP contribution in [-0.4, -0.2) is 47.3 Å². The first-order valence-electron chi connectivity index (χ1n) is 7.72. The number of piperidine rings is 1. The van der Waals surface area contributed by atoms with E-state index in [4.69, 9.17) is 4.42 Å². The number of aliphatic hydroxyl groups excluding tert-OH is 1. The van der Waals surface area contributed by atoms with Gasteiger partial charge in [-0.1, -0.05) is 12.5 Å². The first-order valence-corrected chi connectivity index (χ1v) is 7.72. The Morgan fingerprint density at radius 3 is 3.19 bits per heavy atom. The van der Waals surface area contributed by atoms with E-state index in [-0.39, 0.29) is 6.61 Å². The quantitative estimate of drug-likeness (QED) is 0.885. The van der Waals surface area contributed by atoms with E-state index in [0.717, 1.165) is 37.2 Å². The molecule has 0 saturated carbocycles. The minimum absolute atomic E-state index is 0.252. The van der Waals surface area contributed by atoms with Gasteiger partial charge in [0.05, 0.1) is 6.61 Å². The molecule has 5 nitrogen and oxygen atoms in total. The highest BCUT2D eigenvalue weighted by Crippen LogP contribution is 2.20. The molecule has 2 aromatic rings. The predicted molar refractivity (Wildman–Crippen MR) is 83.5 cm³/mol. The fourth-order valence-corrected chi connectivity index (χ4v) is 2.98. The largest absolute Gasteiger partial charge is 0.424 e. The number of fused-ring (bicyclic) bond motifs is 1. The summed E-state index contributed by atoms with van der Waals surface area (Å²) >= 11 is 0. The van der Waals surface area contributed by atoms with E-state index in [0.29, 0.717) is 12.1 Å². The summed E-state index contributed by atoms with van der Waals surface area (Å²) in [6, 6.07) is 6.89. The van der Waals surface area contributed by atoms with Crippen molar-refractivity contribution in [2.75, 3.05) is 31.6 Å². The van der Waals surface area contributed by atoms with Gasteiger partial charge in [-0.2, -0.15) is 4.98 Å². The van der Waals surface area contributed by atoms with Crippen LogP contribution in [0, 0.1) is 6.92 Å². The third-order valence-corrected chi connectivity index (χ3v) is 4.18. The number of oxazole rings is 1. The van der Waals surface area contributed by atoms with E-state index in [1.807, 2.05) is 25.1 Å². The highest BCUT2D eigenvalue weighted by molar-refractivity contribution is 5.75. The van der Waals surface area contributed by atoms with E-state index < -0.39 is 0 Å². The molecule has 2 heterocycles. The van der Waals surface area contributed by atoms with Gasteiger partial charge in [0, 0.05) is 19.1 Å². The maximum absolute atomic E-state index is 9.41. The number of benzene rings is 1. The molecule has 21 heavy (non-hydrogen) atoms. The van der Waals surface area contributed by atoms with E-state index in [9.17, 15) is 5.11 Å². The molecule has 1 atom stereocenters. The maximum Gasteiger partial charge on any atom is 0.295 e. The summed E-state index contributed by atoms with van der Waals surface area (Å²) in [5.41, 5.74) is 2.89. The molecule has 0 bridgehead atoms. The zero-order valence-electron chi connectivity index (χ0n) is 12.5. The van der Waals surface area contributed by atoms with E-state index in [2.05, 4.69) is 15.2 Å². The Morgan fingerprint density at radius 2 is 2.33 bits per heavy atom. The van der Waals surface area contributed by atoms with Gasteiger partial charge < -0.3 is 14.8 Å². The van der Waals surface area contributed by atoms with Gasteiger partial charge in [-0.15, -0.1) is 0 Å². The lowest BCUT2D eigenvalue weighted by molar-refractivity contribution is 0.0939. The van der Waals surface area contributed by atoms with Crippen LogP contribution in [0.1, 0.15) is 24.8 Å². The Bertz CT molecular complexity index is 596. The number of aromatic nitrogens is 1. The fourth-order valence-electron chi connectivity index (χ4n) is 2.98. The second-order valence-corrected chi connectivity index (χ2v) is 5.79. The number of hydrogen-bond donors (Lipinski definition) is 2. The molecule has 0 aliphatic carbocycles. The van der Waals surface area contributed by atoms with Crippen LogP contribution in [0.15, 0.2) is 22.6 Å². The van der Waals surface area contributed by atoms with Crippen molar-refractivity contribution < 1.29 is 9.52 Å². The van der Waals surface area contributed by atoms with Crippen LogP contribution in [0.4, 0.5) is 6.01 Å². The average molecular weight is 289 g/mol. The zero-order chi connectivity index (χ0) is 14.7. The molecule has 1 fully saturated rings. The SMILES string of the molecule is Cc1ccc2oc(NCCN3CCCCC3CO)nc2c1. The number of aryl methyl sites for hydroxylation is 1. The van der Waals surface area contributed by atoms with Crippen molar-refractivity contribution >= 4 is 17.1 Å². The average Bonchev–Trinajstić information content (AvgIpc) is 2.89. The lowest BCUT2D eigenvalue weighted by Gasteiger charge is -2.34. The molecule has 114 valence electrons. The van der Waals surface area contributed by atoms with E-state index in [1.165, 1.54) is 18.4 Å². The van der Waals surface area contributed by atoms with Gasteiger partial charge in [-0.05, 0) is 44.0 Å².